The van der Waals surface area contributed by atoms with E-state index in [0.717, 1.165) is 17.1 Å². The molecule has 2 heterocycles. The lowest BCUT2D eigenvalue weighted by Gasteiger charge is -2.17. The van der Waals surface area contributed by atoms with Gasteiger partial charge in [-0.1, -0.05) is 6.07 Å². The molecule has 86 valence electrons. The molecule has 4 nitrogen and oxygen atoms in total. The lowest BCUT2D eigenvalue weighted by molar-refractivity contribution is 0.0987. The number of benzene rings is 1. The third kappa shape index (κ3) is 1.64. The Hall–Kier alpha value is -1.26. The van der Waals surface area contributed by atoms with Crippen LogP contribution in [0.25, 0.3) is 0 Å². The maximum atomic E-state index is 5.71. The van der Waals surface area contributed by atoms with Crippen molar-refractivity contribution in [2.45, 2.75) is 25.6 Å². The Balaban J connectivity index is 1.85. The fourth-order valence-electron chi connectivity index (χ4n) is 1.99. The molecule has 1 fully saturated rings. The molecule has 0 unspecified atom stereocenters. The van der Waals surface area contributed by atoms with Gasteiger partial charge in [0.2, 0.25) is 6.79 Å². The van der Waals surface area contributed by atoms with E-state index in [1.807, 2.05) is 18.2 Å². The fraction of sp³-hybridized carbons (Fsp3) is 0.500. The molecule has 1 aromatic rings. The second-order valence-electron chi connectivity index (χ2n) is 4.83. The van der Waals surface area contributed by atoms with Gasteiger partial charge in [-0.2, -0.15) is 0 Å². The molecule has 0 aliphatic carbocycles. The molecule has 0 amide bonds. The van der Waals surface area contributed by atoms with E-state index in [4.69, 9.17) is 14.2 Å². The Morgan fingerprint density at radius 1 is 1.25 bits per heavy atom. The molecular formula is C12H15NO3. The van der Waals surface area contributed by atoms with Crippen molar-refractivity contribution in [3.63, 3.8) is 0 Å². The topological polar surface area (TPSA) is 39.7 Å². The van der Waals surface area contributed by atoms with E-state index in [-0.39, 0.29) is 11.8 Å². The third-order valence-electron chi connectivity index (χ3n) is 2.83. The molecular weight excluding hydrogens is 206 g/mol. The SMILES string of the molecule is CC1(C)CO[C@H](c2ccc3c(c2)OCO3)N1. The molecule has 0 bridgehead atoms. The predicted octanol–water partition coefficient (Wildman–Crippen LogP) is 1.81. The number of hydrogen-bond acceptors (Lipinski definition) is 4. The van der Waals surface area contributed by atoms with Crippen molar-refractivity contribution >= 4 is 0 Å². The summed E-state index contributed by atoms with van der Waals surface area (Å²) in [7, 11) is 0. The summed E-state index contributed by atoms with van der Waals surface area (Å²) in [6, 6.07) is 5.90. The van der Waals surface area contributed by atoms with Gasteiger partial charge < -0.3 is 14.2 Å². The minimum atomic E-state index is -0.0514. The smallest absolute Gasteiger partial charge is 0.231 e. The molecule has 1 saturated heterocycles. The van der Waals surface area contributed by atoms with Crippen molar-refractivity contribution in [1.29, 1.82) is 0 Å². The van der Waals surface area contributed by atoms with E-state index in [1.54, 1.807) is 0 Å². The van der Waals surface area contributed by atoms with Crippen molar-refractivity contribution in [3.05, 3.63) is 23.8 Å². The van der Waals surface area contributed by atoms with E-state index in [1.165, 1.54) is 0 Å². The van der Waals surface area contributed by atoms with E-state index >= 15 is 0 Å². The molecule has 0 aromatic heterocycles. The van der Waals surface area contributed by atoms with Crippen LogP contribution < -0.4 is 14.8 Å². The minimum absolute atomic E-state index is 0.0288. The number of nitrogens with one attached hydrogen (secondary N) is 1. The van der Waals surface area contributed by atoms with E-state index < -0.39 is 0 Å². The standard InChI is InChI=1S/C12H15NO3/c1-12(2)6-14-11(13-12)8-3-4-9-10(5-8)16-7-15-9/h3-5,11,13H,6-7H2,1-2H3/t11-/m1/s1. The lowest BCUT2D eigenvalue weighted by atomic mass is 10.1. The van der Waals surface area contributed by atoms with Crippen LogP contribution in [-0.2, 0) is 4.74 Å². The first-order valence-electron chi connectivity index (χ1n) is 5.43. The average molecular weight is 221 g/mol. The van der Waals surface area contributed by atoms with Gasteiger partial charge in [-0.25, -0.2) is 0 Å². The molecule has 4 heteroatoms. The van der Waals surface area contributed by atoms with Crippen molar-refractivity contribution in [3.8, 4) is 11.5 Å². The fourth-order valence-corrected chi connectivity index (χ4v) is 1.99. The number of fused-ring (bicyclic) bond motifs is 1. The van der Waals surface area contributed by atoms with Gasteiger partial charge in [0.15, 0.2) is 11.5 Å². The molecule has 16 heavy (non-hydrogen) atoms. The quantitative estimate of drug-likeness (QED) is 0.785. The first-order chi connectivity index (χ1) is 7.64. The van der Waals surface area contributed by atoms with E-state index in [0.29, 0.717) is 13.4 Å². The predicted molar refractivity (Wildman–Crippen MR) is 58.5 cm³/mol. The van der Waals surface area contributed by atoms with Crippen LogP contribution in [0.4, 0.5) is 0 Å². The maximum absolute atomic E-state index is 5.71. The molecule has 1 N–H and O–H groups in total. The molecule has 1 atom stereocenters. The van der Waals surface area contributed by atoms with Crippen LogP contribution in [0.15, 0.2) is 18.2 Å². The van der Waals surface area contributed by atoms with E-state index in [9.17, 15) is 0 Å². The maximum Gasteiger partial charge on any atom is 0.231 e. The highest BCUT2D eigenvalue weighted by molar-refractivity contribution is 5.45. The number of hydrogen-bond donors (Lipinski definition) is 1. The zero-order valence-electron chi connectivity index (χ0n) is 9.45. The highest BCUT2D eigenvalue weighted by Gasteiger charge is 2.32. The van der Waals surface area contributed by atoms with Crippen LogP contribution in [0.5, 0.6) is 11.5 Å². The minimum Gasteiger partial charge on any atom is -0.454 e. The lowest BCUT2D eigenvalue weighted by Crippen LogP contribution is -2.35. The Bertz CT molecular complexity index is 417. The molecule has 2 aliphatic rings. The van der Waals surface area contributed by atoms with Gasteiger partial charge in [-0.05, 0) is 31.5 Å². The summed E-state index contributed by atoms with van der Waals surface area (Å²) in [4.78, 5) is 0. The molecule has 1 aromatic carbocycles. The van der Waals surface area contributed by atoms with Crippen LogP contribution in [0.2, 0.25) is 0 Å². The number of ether oxygens (including phenoxy) is 3. The van der Waals surface area contributed by atoms with Crippen molar-refractivity contribution in [1.82, 2.24) is 5.32 Å². The Kier molecular flexibility index (Phi) is 2.09. The van der Waals surface area contributed by atoms with E-state index in [2.05, 4.69) is 19.2 Å². The van der Waals surface area contributed by atoms with Gasteiger partial charge in [0.05, 0.1) is 6.61 Å². The van der Waals surface area contributed by atoms with Gasteiger partial charge in [-0.15, -0.1) is 0 Å². The average Bonchev–Trinajstić information content (AvgIpc) is 2.82. The van der Waals surface area contributed by atoms with Crippen molar-refractivity contribution in [2.75, 3.05) is 13.4 Å². The second-order valence-corrected chi connectivity index (χ2v) is 4.83. The normalized spacial score (nSPS) is 26.0. The highest BCUT2D eigenvalue weighted by Crippen LogP contribution is 2.36. The van der Waals surface area contributed by atoms with Crippen molar-refractivity contribution < 1.29 is 14.2 Å². The second kappa shape index (κ2) is 3.37. The van der Waals surface area contributed by atoms with Gasteiger partial charge >= 0.3 is 0 Å². The first-order valence-corrected chi connectivity index (χ1v) is 5.43. The summed E-state index contributed by atoms with van der Waals surface area (Å²) >= 11 is 0. The van der Waals surface area contributed by atoms with Gasteiger partial charge in [0, 0.05) is 5.54 Å². The zero-order chi connectivity index (χ0) is 11.2. The van der Waals surface area contributed by atoms with Crippen LogP contribution in [0.1, 0.15) is 25.6 Å². The van der Waals surface area contributed by atoms with Gasteiger partial charge in [-0.3, -0.25) is 5.32 Å². The molecule has 0 radical (unpaired) electrons. The Labute approximate surface area is 94.5 Å². The van der Waals surface area contributed by atoms with Gasteiger partial charge in [0.1, 0.15) is 6.23 Å². The van der Waals surface area contributed by atoms with Crippen LogP contribution in [-0.4, -0.2) is 18.9 Å². The van der Waals surface area contributed by atoms with Crippen LogP contribution >= 0.6 is 0 Å². The molecule has 2 aliphatic heterocycles. The third-order valence-corrected chi connectivity index (χ3v) is 2.83. The summed E-state index contributed by atoms with van der Waals surface area (Å²) in [5.74, 6) is 1.61. The molecule has 0 spiro atoms. The summed E-state index contributed by atoms with van der Waals surface area (Å²) < 4.78 is 16.3. The van der Waals surface area contributed by atoms with Gasteiger partial charge in [0.25, 0.3) is 0 Å². The number of rotatable bonds is 1. The Morgan fingerprint density at radius 2 is 2.06 bits per heavy atom. The van der Waals surface area contributed by atoms with Crippen LogP contribution in [0, 0.1) is 0 Å². The zero-order valence-corrected chi connectivity index (χ0v) is 9.45. The first kappa shape index (κ1) is 9.93. The summed E-state index contributed by atoms with van der Waals surface area (Å²) in [5.41, 5.74) is 1.11. The summed E-state index contributed by atoms with van der Waals surface area (Å²) in [6.07, 6.45) is -0.0514. The summed E-state index contributed by atoms with van der Waals surface area (Å²) in [6.45, 7) is 5.27. The summed E-state index contributed by atoms with van der Waals surface area (Å²) in [5, 5.41) is 3.42. The highest BCUT2D eigenvalue weighted by atomic mass is 16.7. The molecule has 3 rings (SSSR count). The molecule has 0 saturated carbocycles. The largest absolute Gasteiger partial charge is 0.454 e. The Morgan fingerprint density at radius 3 is 2.81 bits per heavy atom. The van der Waals surface area contributed by atoms with Crippen molar-refractivity contribution in [2.24, 2.45) is 0 Å². The van der Waals surface area contributed by atoms with Crippen LogP contribution in [0.3, 0.4) is 0 Å². The monoisotopic (exact) mass is 221 g/mol.